The van der Waals surface area contributed by atoms with Gasteiger partial charge in [0.1, 0.15) is 17.2 Å². The molecule has 5 nitrogen and oxygen atoms in total. The van der Waals surface area contributed by atoms with Crippen LogP contribution in [0.1, 0.15) is 30.0 Å². The third-order valence-corrected chi connectivity index (χ3v) is 4.53. The second-order valence-electron chi connectivity index (χ2n) is 6.40. The van der Waals surface area contributed by atoms with Gasteiger partial charge in [0.2, 0.25) is 0 Å². The van der Waals surface area contributed by atoms with Gasteiger partial charge in [-0.3, -0.25) is 4.98 Å². The third kappa shape index (κ3) is 3.04. The zero-order valence-electron chi connectivity index (χ0n) is 15.0. The monoisotopic (exact) mass is 344 g/mol. The fourth-order valence-electron chi connectivity index (χ4n) is 2.89. The molecule has 1 aromatic carbocycles. The highest BCUT2D eigenvalue weighted by molar-refractivity contribution is 5.78. The number of rotatable bonds is 4. The lowest BCUT2D eigenvalue weighted by atomic mass is 10.2. The first-order valence-corrected chi connectivity index (χ1v) is 8.62. The summed E-state index contributed by atoms with van der Waals surface area (Å²) in [7, 11) is 0. The number of pyridine rings is 1. The van der Waals surface area contributed by atoms with Crippen LogP contribution in [0, 0.1) is 13.8 Å². The fraction of sp³-hybridized carbons (Fsp3) is 0.190. The Hall–Kier alpha value is -3.21. The lowest BCUT2D eigenvalue weighted by Crippen LogP contribution is -2.10. The third-order valence-electron chi connectivity index (χ3n) is 4.53. The van der Waals surface area contributed by atoms with Crippen molar-refractivity contribution in [3.8, 4) is 11.4 Å². The van der Waals surface area contributed by atoms with Crippen molar-refractivity contribution in [3.63, 3.8) is 0 Å². The molecule has 130 valence electrons. The highest BCUT2D eigenvalue weighted by Gasteiger charge is 2.16. The molecule has 0 amide bonds. The number of para-hydroxylation sites is 1. The van der Waals surface area contributed by atoms with Gasteiger partial charge < -0.3 is 9.73 Å². The Balaban J connectivity index is 1.67. The number of hydrogen-bond acceptors (Lipinski definition) is 5. The molecule has 0 aliphatic heterocycles. The Morgan fingerprint density at radius 3 is 2.65 bits per heavy atom. The van der Waals surface area contributed by atoms with Crippen LogP contribution in [0.5, 0.6) is 0 Å². The topological polar surface area (TPSA) is 63.8 Å². The number of nitrogens with one attached hydrogen (secondary N) is 1. The van der Waals surface area contributed by atoms with Crippen molar-refractivity contribution in [2.75, 3.05) is 5.32 Å². The lowest BCUT2D eigenvalue weighted by molar-refractivity contribution is 0.525. The van der Waals surface area contributed by atoms with E-state index in [-0.39, 0.29) is 6.04 Å². The number of aryl methyl sites for hydroxylation is 1. The SMILES string of the molecule is Cc1nc(-c2cccnc2)nc(N[C@H](C)c2cc3ccccc3o2)c1C. The molecule has 0 radical (unpaired) electrons. The molecule has 0 saturated heterocycles. The number of furan rings is 1. The summed E-state index contributed by atoms with van der Waals surface area (Å²) < 4.78 is 5.97. The van der Waals surface area contributed by atoms with Crippen LogP contribution in [0.2, 0.25) is 0 Å². The van der Waals surface area contributed by atoms with E-state index in [4.69, 9.17) is 9.40 Å². The molecule has 4 aromatic rings. The van der Waals surface area contributed by atoms with Crippen LogP contribution >= 0.6 is 0 Å². The van der Waals surface area contributed by atoms with Crippen molar-refractivity contribution in [1.82, 2.24) is 15.0 Å². The number of hydrogen-bond donors (Lipinski definition) is 1. The summed E-state index contributed by atoms with van der Waals surface area (Å²) >= 11 is 0. The molecule has 0 saturated carbocycles. The molecule has 1 N–H and O–H groups in total. The minimum atomic E-state index is -0.0165. The van der Waals surface area contributed by atoms with Crippen LogP contribution < -0.4 is 5.32 Å². The Morgan fingerprint density at radius 2 is 1.88 bits per heavy atom. The van der Waals surface area contributed by atoms with Gasteiger partial charge in [0, 0.05) is 34.6 Å². The Morgan fingerprint density at radius 1 is 1.04 bits per heavy atom. The average Bonchev–Trinajstić information content (AvgIpc) is 3.10. The van der Waals surface area contributed by atoms with Gasteiger partial charge in [-0.15, -0.1) is 0 Å². The first kappa shape index (κ1) is 16.3. The predicted octanol–water partition coefficient (Wildman–Crippen LogP) is 5.07. The van der Waals surface area contributed by atoms with Crippen LogP contribution in [0.3, 0.4) is 0 Å². The van der Waals surface area contributed by atoms with E-state index in [1.807, 2.05) is 44.2 Å². The molecule has 0 bridgehead atoms. The molecule has 3 aromatic heterocycles. The molecule has 0 aliphatic carbocycles. The number of aromatic nitrogens is 3. The highest BCUT2D eigenvalue weighted by atomic mass is 16.3. The summed E-state index contributed by atoms with van der Waals surface area (Å²) in [5, 5.41) is 4.57. The number of nitrogens with zero attached hydrogens (tertiary/aromatic N) is 3. The van der Waals surface area contributed by atoms with Gasteiger partial charge in [-0.05, 0) is 45.0 Å². The molecule has 3 heterocycles. The Bertz CT molecular complexity index is 1020. The standard InChI is InChI=1S/C21H20N4O/c1-13-14(2)23-21(17-8-6-10-22-12-17)25-20(13)24-15(3)19-11-16-7-4-5-9-18(16)26-19/h4-12,15H,1-3H3,(H,23,24,25)/t15-/m1/s1. The van der Waals surface area contributed by atoms with Gasteiger partial charge in [-0.1, -0.05) is 18.2 Å². The summed E-state index contributed by atoms with van der Waals surface area (Å²) in [4.78, 5) is 13.5. The van der Waals surface area contributed by atoms with Crippen LogP contribution in [-0.4, -0.2) is 15.0 Å². The normalized spacial score (nSPS) is 12.3. The second-order valence-corrected chi connectivity index (χ2v) is 6.40. The minimum absolute atomic E-state index is 0.0165. The minimum Gasteiger partial charge on any atom is -0.459 e. The van der Waals surface area contributed by atoms with Gasteiger partial charge in [0.15, 0.2) is 5.82 Å². The van der Waals surface area contributed by atoms with Crippen molar-refractivity contribution in [3.05, 3.63) is 71.9 Å². The van der Waals surface area contributed by atoms with Crippen LogP contribution in [0.25, 0.3) is 22.4 Å². The van der Waals surface area contributed by atoms with E-state index >= 15 is 0 Å². The van der Waals surface area contributed by atoms with Gasteiger partial charge in [0.05, 0.1) is 6.04 Å². The molecule has 0 spiro atoms. The summed E-state index contributed by atoms with van der Waals surface area (Å²) in [6, 6.07) is 13.9. The first-order chi connectivity index (χ1) is 12.6. The fourth-order valence-corrected chi connectivity index (χ4v) is 2.89. The van der Waals surface area contributed by atoms with Gasteiger partial charge in [-0.2, -0.15) is 0 Å². The quantitative estimate of drug-likeness (QED) is 0.559. The first-order valence-electron chi connectivity index (χ1n) is 8.62. The van der Waals surface area contributed by atoms with Crippen LogP contribution in [-0.2, 0) is 0 Å². The summed E-state index contributed by atoms with van der Waals surface area (Å²) in [5.74, 6) is 2.36. The van der Waals surface area contributed by atoms with Crippen molar-refractivity contribution in [1.29, 1.82) is 0 Å². The van der Waals surface area contributed by atoms with E-state index in [0.717, 1.165) is 39.4 Å². The molecule has 1 atom stereocenters. The maximum Gasteiger partial charge on any atom is 0.163 e. The van der Waals surface area contributed by atoms with Crippen molar-refractivity contribution in [2.45, 2.75) is 26.8 Å². The smallest absolute Gasteiger partial charge is 0.163 e. The maximum atomic E-state index is 5.97. The van der Waals surface area contributed by atoms with E-state index < -0.39 is 0 Å². The van der Waals surface area contributed by atoms with Crippen molar-refractivity contribution in [2.24, 2.45) is 0 Å². The van der Waals surface area contributed by atoms with E-state index in [1.165, 1.54) is 0 Å². The number of benzene rings is 1. The molecule has 0 fully saturated rings. The Labute approximate surface area is 152 Å². The van der Waals surface area contributed by atoms with Crippen LogP contribution in [0.15, 0.2) is 59.3 Å². The molecule has 5 heteroatoms. The van der Waals surface area contributed by atoms with Crippen molar-refractivity contribution >= 4 is 16.8 Å². The zero-order chi connectivity index (χ0) is 18.1. The Kier molecular flexibility index (Phi) is 4.13. The second kappa shape index (κ2) is 6.59. The molecular formula is C21H20N4O. The largest absolute Gasteiger partial charge is 0.459 e. The molecule has 0 aliphatic rings. The van der Waals surface area contributed by atoms with Gasteiger partial charge in [-0.25, -0.2) is 9.97 Å². The zero-order valence-corrected chi connectivity index (χ0v) is 15.0. The van der Waals surface area contributed by atoms with E-state index in [0.29, 0.717) is 5.82 Å². The molecule has 0 unspecified atom stereocenters. The molecule has 26 heavy (non-hydrogen) atoms. The van der Waals surface area contributed by atoms with E-state index in [9.17, 15) is 0 Å². The van der Waals surface area contributed by atoms with Crippen molar-refractivity contribution < 1.29 is 4.42 Å². The summed E-state index contributed by atoms with van der Waals surface area (Å²) in [6.07, 6.45) is 3.52. The van der Waals surface area contributed by atoms with Gasteiger partial charge >= 0.3 is 0 Å². The molecule has 4 rings (SSSR count). The predicted molar refractivity (Wildman–Crippen MR) is 103 cm³/mol. The van der Waals surface area contributed by atoms with E-state index in [1.54, 1.807) is 12.4 Å². The van der Waals surface area contributed by atoms with E-state index in [2.05, 4.69) is 34.3 Å². The van der Waals surface area contributed by atoms with Gasteiger partial charge in [0.25, 0.3) is 0 Å². The molecular weight excluding hydrogens is 324 g/mol. The van der Waals surface area contributed by atoms with Crippen LogP contribution in [0.4, 0.5) is 5.82 Å². The average molecular weight is 344 g/mol. The maximum absolute atomic E-state index is 5.97. The highest BCUT2D eigenvalue weighted by Crippen LogP contribution is 2.28. The number of anilines is 1. The lowest BCUT2D eigenvalue weighted by Gasteiger charge is -2.16. The summed E-state index contributed by atoms with van der Waals surface area (Å²) in [6.45, 7) is 6.09. The number of fused-ring (bicyclic) bond motifs is 1. The summed E-state index contributed by atoms with van der Waals surface area (Å²) in [5.41, 5.74) is 3.76.